The number of aromatic amines is 1. The fourth-order valence-electron chi connectivity index (χ4n) is 3.61. The molecule has 0 spiro atoms. The number of aryl methyl sites for hydroxylation is 2. The standard InChI is InChI=1S/C19H23N5O/c1-13-5-3-7-16-18(13)22-19(21-16)15-6-4-10-23(11-15)17(25)12-24-14(2)8-9-20-24/h3,5,7-9,15H,4,6,10-12H2,1-2H3,(H,21,22)/t15-/m1/s1. The zero-order valence-electron chi connectivity index (χ0n) is 14.7. The highest BCUT2D eigenvalue weighted by molar-refractivity contribution is 5.79. The number of piperidine rings is 1. The molecule has 0 unspecified atom stereocenters. The van der Waals surface area contributed by atoms with Crippen LogP contribution in [0.15, 0.2) is 30.5 Å². The van der Waals surface area contributed by atoms with Gasteiger partial charge in [0.2, 0.25) is 5.91 Å². The summed E-state index contributed by atoms with van der Waals surface area (Å²) in [4.78, 5) is 22.9. The van der Waals surface area contributed by atoms with E-state index in [0.29, 0.717) is 6.54 Å². The van der Waals surface area contributed by atoms with Crippen molar-refractivity contribution in [3.05, 3.63) is 47.5 Å². The van der Waals surface area contributed by atoms with Crippen LogP contribution in [0.5, 0.6) is 0 Å². The number of imidazole rings is 1. The van der Waals surface area contributed by atoms with Crippen molar-refractivity contribution in [2.24, 2.45) is 0 Å². The Morgan fingerprint density at radius 2 is 2.20 bits per heavy atom. The van der Waals surface area contributed by atoms with Gasteiger partial charge in [0, 0.05) is 30.9 Å². The Kier molecular flexibility index (Phi) is 4.03. The molecule has 2 aromatic heterocycles. The zero-order valence-corrected chi connectivity index (χ0v) is 14.7. The molecule has 25 heavy (non-hydrogen) atoms. The Morgan fingerprint density at radius 1 is 1.32 bits per heavy atom. The first-order valence-electron chi connectivity index (χ1n) is 8.83. The van der Waals surface area contributed by atoms with E-state index in [0.717, 1.165) is 48.5 Å². The minimum absolute atomic E-state index is 0.129. The van der Waals surface area contributed by atoms with Crippen molar-refractivity contribution >= 4 is 16.9 Å². The number of H-pyrrole nitrogens is 1. The van der Waals surface area contributed by atoms with Crippen LogP contribution >= 0.6 is 0 Å². The van der Waals surface area contributed by atoms with Crippen molar-refractivity contribution in [2.45, 2.75) is 39.2 Å². The van der Waals surface area contributed by atoms with E-state index < -0.39 is 0 Å². The molecule has 4 rings (SSSR count). The average Bonchev–Trinajstić information content (AvgIpc) is 3.23. The zero-order chi connectivity index (χ0) is 17.4. The summed E-state index contributed by atoms with van der Waals surface area (Å²) in [5, 5.41) is 4.22. The highest BCUT2D eigenvalue weighted by atomic mass is 16.2. The molecular formula is C19H23N5O. The number of benzene rings is 1. The molecule has 0 radical (unpaired) electrons. The van der Waals surface area contributed by atoms with Gasteiger partial charge in [0.25, 0.3) is 0 Å². The van der Waals surface area contributed by atoms with Gasteiger partial charge >= 0.3 is 0 Å². The number of nitrogens with one attached hydrogen (secondary N) is 1. The highest BCUT2D eigenvalue weighted by Gasteiger charge is 2.27. The Morgan fingerprint density at radius 3 is 2.96 bits per heavy atom. The molecule has 0 bridgehead atoms. The van der Waals surface area contributed by atoms with Crippen molar-refractivity contribution in [2.75, 3.05) is 13.1 Å². The molecule has 0 aliphatic carbocycles. The Balaban J connectivity index is 1.51. The summed E-state index contributed by atoms with van der Waals surface area (Å²) in [6.45, 7) is 5.89. The number of carbonyl (C=O) groups excluding carboxylic acids is 1. The Hall–Kier alpha value is -2.63. The second kappa shape index (κ2) is 6.35. The number of para-hydroxylation sites is 1. The Labute approximate surface area is 146 Å². The van der Waals surface area contributed by atoms with Crippen LogP contribution in [-0.2, 0) is 11.3 Å². The number of amides is 1. The predicted octanol–water partition coefficient (Wildman–Crippen LogP) is 2.78. The van der Waals surface area contributed by atoms with Crippen LogP contribution in [0.2, 0.25) is 0 Å². The summed E-state index contributed by atoms with van der Waals surface area (Å²) < 4.78 is 1.76. The average molecular weight is 337 g/mol. The highest BCUT2D eigenvalue weighted by Crippen LogP contribution is 2.27. The molecule has 3 heterocycles. The molecule has 1 saturated heterocycles. The van der Waals surface area contributed by atoms with Gasteiger partial charge in [-0.05, 0) is 44.4 Å². The van der Waals surface area contributed by atoms with Gasteiger partial charge in [-0.2, -0.15) is 5.10 Å². The minimum Gasteiger partial charge on any atom is -0.342 e. The monoisotopic (exact) mass is 337 g/mol. The maximum absolute atomic E-state index is 12.7. The lowest BCUT2D eigenvalue weighted by molar-refractivity contribution is -0.133. The largest absolute Gasteiger partial charge is 0.342 e. The third-order valence-electron chi connectivity index (χ3n) is 5.11. The van der Waals surface area contributed by atoms with Gasteiger partial charge in [-0.1, -0.05) is 12.1 Å². The molecule has 1 aliphatic heterocycles. The summed E-state index contributed by atoms with van der Waals surface area (Å²) in [5.74, 6) is 1.39. The number of carbonyl (C=O) groups is 1. The van der Waals surface area contributed by atoms with Gasteiger partial charge in [-0.25, -0.2) is 4.98 Å². The van der Waals surface area contributed by atoms with Gasteiger partial charge in [0.1, 0.15) is 12.4 Å². The first-order valence-corrected chi connectivity index (χ1v) is 8.83. The van der Waals surface area contributed by atoms with Crippen molar-refractivity contribution in [3.8, 4) is 0 Å². The van der Waals surface area contributed by atoms with E-state index in [2.05, 4.69) is 29.1 Å². The number of likely N-dealkylation sites (tertiary alicyclic amines) is 1. The summed E-state index contributed by atoms with van der Waals surface area (Å²) >= 11 is 0. The lowest BCUT2D eigenvalue weighted by Gasteiger charge is -2.32. The molecule has 1 amide bonds. The number of hydrogen-bond acceptors (Lipinski definition) is 3. The molecule has 6 nitrogen and oxygen atoms in total. The van der Waals surface area contributed by atoms with Gasteiger partial charge < -0.3 is 9.88 Å². The van der Waals surface area contributed by atoms with E-state index in [1.165, 1.54) is 5.56 Å². The molecule has 130 valence electrons. The summed E-state index contributed by atoms with van der Waals surface area (Å²) in [7, 11) is 0. The quantitative estimate of drug-likeness (QED) is 0.799. The Bertz CT molecular complexity index is 910. The smallest absolute Gasteiger partial charge is 0.244 e. The maximum atomic E-state index is 12.7. The van der Waals surface area contributed by atoms with E-state index in [1.54, 1.807) is 10.9 Å². The lowest BCUT2D eigenvalue weighted by Crippen LogP contribution is -2.41. The summed E-state index contributed by atoms with van der Waals surface area (Å²) in [6, 6.07) is 8.10. The lowest BCUT2D eigenvalue weighted by atomic mass is 9.97. The maximum Gasteiger partial charge on any atom is 0.244 e. The molecule has 6 heteroatoms. The topological polar surface area (TPSA) is 66.8 Å². The van der Waals surface area contributed by atoms with Crippen molar-refractivity contribution < 1.29 is 4.79 Å². The van der Waals surface area contributed by atoms with E-state index in [4.69, 9.17) is 4.98 Å². The van der Waals surface area contributed by atoms with Crippen molar-refractivity contribution in [1.82, 2.24) is 24.6 Å². The van der Waals surface area contributed by atoms with Crippen LogP contribution in [0.4, 0.5) is 0 Å². The fraction of sp³-hybridized carbons (Fsp3) is 0.421. The number of aromatic nitrogens is 4. The third-order valence-corrected chi connectivity index (χ3v) is 5.11. The summed E-state index contributed by atoms with van der Waals surface area (Å²) in [5.41, 5.74) is 4.30. The van der Waals surface area contributed by atoms with Crippen LogP contribution in [0, 0.1) is 13.8 Å². The number of fused-ring (bicyclic) bond motifs is 1. The SMILES string of the molecule is Cc1cccc2[nH]c([C@@H]3CCCN(C(=O)Cn4nccc4C)C3)nc12. The van der Waals surface area contributed by atoms with Crippen LogP contribution in [0.25, 0.3) is 11.0 Å². The first-order chi connectivity index (χ1) is 12.1. The van der Waals surface area contributed by atoms with E-state index in [9.17, 15) is 4.79 Å². The van der Waals surface area contributed by atoms with Gasteiger partial charge in [-0.15, -0.1) is 0 Å². The molecule has 1 N–H and O–H groups in total. The second-order valence-corrected chi connectivity index (χ2v) is 6.90. The van der Waals surface area contributed by atoms with Crippen LogP contribution in [0.3, 0.4) is 0 Å². The minimum atomic E-state index is 0.129. The van der Waals surface area contributed by atoms with Crippen LogP contribution in [-0.4, -0.2) is 43.6 Å². The van der Waals surface area contributed by atoms with Gasteiger partial charge in [-0.3, -0.25) is 9.48 Å². The van der Waals surface area contributed by atoms with Crippen LogP contribution < -0.4 is 0 Å². The molecule has 1 aliphatic rings. The molecule has 0 saturated carbocycles. The first kappa shape index (κ1) is 15.9. The summed E-state index contributed by atoms with van der Waals surface area (Å²) in [6.07, 6.45) is 3.80. The van der Waals surface area contributed by atoms with Crippen molar-refractivity contribution in [3.63, 3.8) is 0 Å². The normalized spacial score (nSPS) is 18.0. The molecule has 1 fully saturated rings. The van der Waals surface area contributed by atoms with E-state index in [-0.39, 0.29) is 11.8 Å². The number of rotatable bonds is 3. The third kappa shape index (κ3) is 3.04. The molecule has 3 aromatic rings. The fourth-order valence-corrected chi connectivity index (χ4v) is 3.61. The molecular weight excluding hydrogens is 314 g/mol. The predicted molar refractivity (Wildman–Crippen MR) is 96.3 cm³/mol. The van der Waals surface area contributed by atoms with E-state index >= 15 is 0 Å². The van der Waals surface area contributed by atoms with Gasteiger partial charge in [0.05, 0.1) is 11.0 Å². The van der Waals surface area contributed by atoms with Crippen LogP contribution in [0.1, 0.15) is 35.8 Å². The van der Waals surface area contributed by atoms with Crippen molar-refractivity contribution in [1.29, 1.82) is 0 Å². The number of nitrogens with zero attached hydrogens (tertiary/aromatic N) is 4. The molecule has 1 atom stereocenters. The second-order valence-electron chi connectivity index (χ2n) is 6.90. The number of hydrogen-bond donors (Lipinski definition) is 1. The van der Waals surface area contributed by atoms with Gasteiger partial charge in [0.15, 0.2) is 0 Å². The van der Waals surface area contributed by atoms with E-state index in [1.807, 2.05) is 24.0 Å². The molecule has 1 aromatic carbocycles.